The van der Waals surface area contributed by atoms with E-state index >= 15 is 0 Å². The smallest absolute Gasteiger partial charge is 0.469 e. The number of aliphatic hydroxyl groups excluding tert-OH is 1. The number of rotatable bonds is 48. The number of methoxy groups -OCH3 is 1. The molecule has 0 radical (unpaired) electrons. The van der Waals surface area contributed by atoms with Crippen molar-refractivity contribution in [3.8, 4) is 0 Å². The molecule has 6 atom stereocenters. The predicted octanol–water partition coefficient (Wildman–Crippen LogP) is 13.2. The van der Waals surface area contributed by atoms with Crippen LogP contribution in [-0.4, -0.2) is 89.5 Å². The highest BCUT2D eigenvalue weighted by Crippen LogP contribution is 2.42. The zero-order chi connectivity index (χ0) is 51.5. The molecule has 1 saturated heterocycles. The Labute approximate surface area is 425 Å². The van der Waals surface area contributed by atoms with E-state index in [1.165, 1.54) is 142 Å². The fourth-order valence-electron chi connectivity index (χ4n) is 9.46. The molecule has 1 heterocycles. The van der Waals surface area contributed by atoms with E-state index in [0.717, 1.165) is 77.0 Å². The third kappa shape index (κ3) is 36.8. The first-order valence-corrected chi connectivity index (χ1v) is 30.1. The standard InChI is InChI=1S/C55H104NO13P/c1-5-8-11-14-17-20-22-23-24-26-27-30-33-36-39-46(38-35-32-29-19-16-13-10-7-3)55(61)68-53-48(56-50(58)43-47(57)40-37-34-31-28-25-21-18-15-12-9-6-2)44-66-49(54(53)69-70(62,63)64)45-67-52(60)42-41-51(59)65-4/h46-49,53-54,57H,5-45H2,1-4H3,(H,56,58)(H2,62,63,64)/t46?,47?,48-,49+,53+,54+/m0/s1. The summed E-state index contributed by atoms with van der Waals surface area (Å²) in [6.45, 7) is 5.88. The minimum atomic E-state index is -5.27. The molecule has 0 saturated carbocycles. The number of esters is 3. The van der Waals surface area contributed by atoms with Gasteiger partial charge in [-0.15, -0.1) is 0 Å². The number of nitrogens with one attached hydrogen (secondary N) is 1. The molecule has 1 aliphatic heterocycles. The Morgan fingerprint density at radius 1 is 0.571 bits per heavy atom. The number of carbonyl (C=O) groups excluding carboxylic acids is 4. The van der Waals surface area contributed by atoms with Gasteiger partial charge in [-0.25, -0.2) is 4.57 Å². The highest BCUT2D eigenvalue weighted by atomic mass is 31.2. The Morgan fingerprint density at radius 3 is 1.36 bits per heavy atom. The summed E-state index contributed by atoms with van der Waals surface area (Å²) in [6, 6.07) is -1.10. The molecule has 0 aromatic carbocycles. The summed E-state index contributed by atoms with van der Waals surface area (Å²) in [4.78, 5) is 72.4. The number of hydrogen-bond acceptors (Lipinski definition) is 11. The van der Waals surface area contributed by atoms with Gasteiger partial charge in [0.25, 0.3) is 0 Å². The van der Waals surface area contributed by atoms with Gasteiger partial charge in [0.05, 0.1) is 51.0 Å². The Morgan fingerprint density at radius 2 is 0.957 bits per heavy atom. The van der Waals surface area contributed by atoms with Crippen molar-refractivity contribution in [3.63, 3.8) is 0 Å². The number of ether oxygens (including phenoxy) is 4. The predicted molar refractivity (Wildman–Crippen MR) is 278 cm³/mol. The summed E-state index contributed by atoms with van der Waals surface area (Å²) in [5, 5.41) is 13.7. The van der Waals surface area contributed by atoms with E-state index in [0.29, 0.717) is 19.3 Å². The summed E-state index contributed by atoms with van der Waals surface area (Å²) in [6.07, 6.45) is 34.2. The second kappa shape index (κ2) is 44.4. The Bertz CT molecular complexity index is 1350. The summed E-state index contributed by atoms with van der Waals surface area (Å²) in [5.41, 5.74) is 0. The monoisotopic (exact) mass is 1020 g/mol. The van der Waals surface area contributed by atoms with Crippen molar-refractivity contribution in [2.75, 3.05) is 20.3 Å². The van der Waals surface area contributed by atoms with E-state index in [2.05, 4.69) is 30.8 Å². The molecule has 2 unspecified atom stereocenters. The average Bonchev–Trinajstić information content (AvgIpc) is 3.32. The highest BCUT2D eigenvalue weighted by Gasteiger charge is 2.48. The number of aliphatic hydroxyl groups is 1. The Balaban J connectivity index is 3.07. The topological polar surface area (TPSA) is 204 Å². The second-order valence-electron chi connectivity index (χ2n) is 20.3. The molecule has 4 N–H and O–H groups in total. The van der Waals surface area contributed by atoms with Crippen molar-refractivity contribution >= 4 is 31.6 Å². The Hall–Kier alpha value is -2.09. The normalized spacial score (nSPS) is 18.0. The molecule has 412 valence electrons. The highest BCUT2D eigenvalue weighted by molar-refractivity contribution is 7.46. The van der Waals surface area contributed by atoms with Crippen LogP contribution in [0, 0.1) is 5.92 Å². The minimum Gasteiger partial charge on any atom is -0.469 e. The number of unbranched alkanes of at least 4 members (excludes halogenated alkanes) is 30. The van der Waals surface area contributed by atoms with Crippen LogP contribution in [0.3, 0.4) is 0 Å². The van der Waals surface area contributed by atoms with E-state index < -0.39 is 74.6 Å². The van der Waals surface area contributed by atoms with Crippen LogP contribution in [0.4, 0.5) is 0 Å². The molecular weight excluding hydrogens is 914 g/mol. The van der Waals surface area contributed by atoms with Gasteiger partial charge in [-0.3, -0.25) is 23.7 Å². The van der Waals surface area contributed by atoms with Gasteiger partial charge < -0.3 is 39.2 Å². The Kier molecular flexibility index (Phi) is 41.8. The largest absolute Gasteiger partial charge is 0.470 e. The molecule has 1 rings (SSSR count). The molecule has 0 spiro atoms. The first kappa shape index (κ1) is 65.9. The molecule has 1 fully saturated rings. The van der Waals surface area contributed by atoms with Gasteiger partial charge in [-0.2, -0.15) is 0 Å². The zero-order valence-corrected chi connectivity index (χ0v) is 45.7. The summed E-state index contributed by atoms with van der Waals surface area (Å²) >= 11 is 0. The van der Waals surface area contributed by atoms with Crippen molar-refractivity contribution in [1.82, 2.24) is 5.32 Å². The number of hydrogen-bond donors (Lipinski definition) is 4. The van der Waals surface area contributed by atoms with Crippen molar-refractivity contribution in [2.24, 2.45) is 5.92 Å². The summed E-state index contributed by atoms with van der Waals surface area (Å²) < 4.78 is 40.0. The molecule has 1 aliphatic rings. The lowest BCUT2D eigenvalue weighted by Crippen LogP contribution is -2.62. The van der Waals surface area contributed by atoms with Crippen molar-refractivity contribution in [3.05, 3.63) is 0 Å². The van der Waals surface area contributed by atoms with Crippen LogP contribution < -0.4 is 5.32 Å². The minimum absolute atomic E-state index is 0.222. The molecular formula is C55H104NO13P. The maximum atomic E-state index is 14.4. The van der Waals surface area contributed by atoms with Gasteiger partial charge in [-0.1, -0.05) is 233 Å². The fourth-order valence-corrected chi connectivity index (χ4v) is 10.0. The van der Waals surface area contributed by atoms with Crippen LogP contribution in [0.15, 0.2) is 0 Å². The van der Waals surface area contributed by atoms with E-state index in [1.54, 1.807) is 0 Å². The lowest BCUT2D eigenvalue weighted by molar-refractivity contribution is -0.196. The van der Waals surface area contributed by atoms with Gasteiger partial charge in [-0.05, 0) is 19.3 Å². The van der Waals surface area contributed by atoms with Gasteiger partial charge >= 0.3 is 25.7 Å². The lowest BCUT2D eigenvalue weighted by atomic mass is 9.93. The third-order valence-electron chi connectivity index (χ3n) is 13.8. The lowest BCUT2D eigenvalue weighted by Gasteiger charge is -2.42. The van der Waals surface area contributed by atoms with Gasteiger partial charge in [0.15, 0.2) is 6.10 Å². The second-order valence-corrected chi connectivity index (χ2v) is 21.5. The van der Waals surface area contributed by atoms with Gasteiger partial charge in [0.2, 0.25) is 5.91 Å². The molecule has 1 amide bonds. The summed E-state index contributed by atoms with van der Waals surface area (Å²) in [5.74, 6) is -2.97. The maximum Gasteiger partial charge on any atom is 0.470 e. The molecule has 0 aromatic rings. The van der Waals surface area contributed by atoms with Crippen LogP contribution in [-0.2, 0) is 47.2 Å². The van der Waals surface area contributed by atoms with Crippen LogP contribution in [0.2, 0.25) is 0 Å². The molecule has 0 bridgehead atoms. The molecule has 0 aliphatic carbocycles. The van der Waals surface area contributed by atoms with E-state index in [9.17, 15) is 38.6 Å². The van der Waals surface area contributed by atoms with E-state index in [4.69, 9.17) is 18.7 Å². The third-order valence-corrected chi connectivity index (χ3v) is 14.3. The fraction of sp³-hybridized carbons (Fsp3) is 0.927. The van der Waals surface area contributed by atoms with Crippen LogP contribution in [0.5, 0.6) is 0 Å². The average molecular weight is 1020 g/mol. The molecule has 14 nitrogen and oxygen atoms in total. The SMILES string of the molecule is CCCCCCCCCCCCCCCCC(CCCCCCCCCC)C(=O)O[C@H]1[C@H](OP(=O)(O)O)[C@@H](COC(=O)CCC(=O)OC)OC[C@@H]1NC(=O)CC(O)CCCCCCCCCCCCC. The van der Waals surface area contributed by atoms with Crippen LogP contribution in [0.1, 0.15) is 271 Å². The van der Waals surface area contributed by atoms with Gasteiger partial charge in [0, 0.05) is 0 Å². The quantitative estimate of drug-likeness (QED) is 0.0194. The number of phosphoric ester groups is 1. The van der Waals surface area contributed by atoms with Crippen molar-refractivity contribution in [1.29, 1.82) is 0 Å². The van der Waals surface area contributed by atoms with Gasteiger partial charge in [0.1, 0.15) is 18.8 Å². The van der Waals surface area contributed by atoms with E-state index in [-0.39, 0.29) is 25.9 Å². The van der Waals surface area contributed by atoms with Crippen molar-refractivity contribution < 1.29 is 62.1 Å². The summed E-state index contributed by atoms with van der Waals surface area (Å²) in [7, 11) is -4.08. The number of amides is 1. The molecule has 15 heteroatoms. The molecule has 70 heavy (non-hydrogen) atoms. The van der Waals surface area contributed by atoms with Crippen LogP contribution in [0.25, 0.3) is 0 Å². The first-order chi connectivity index (χ1) is 33.8. The van der Waals surface area contributed by atoms with Crippen LogP contribution >= 0.6 is 7.82 Å². The van der Waals surface area contributed by atoms with Crippen molar-refractivity contribution in [2.45, 2.75) is 302 Å². The first-order valence-electron chi connectivity index (χ1n) is 28.6. The van der Waals surface area contributed by atoms with E-state index in [1.807, 2.05) is 0 Å². The number of phosphoric acid groups is 1. The number of carbonyl (C=O) groups is 4. The maximum absolute atomic E-state index is 14.4. The zero-order valence-electron chi connectivity index (χ0n) is 44.8. The molecule has 0 aromatic heterocycles.